The van der Waals surface area contributed by atoms with Crippen LogP contribution < -0.4 is 9.47 Å². The molecule has 2 rings (SSSR count). The average Bonchev–Trinajstić information content (AvgIpc) is 2.88. The third-order valence-electron chi connectivity index (χ3n) is 5.86. The summed E-state index contributed by atoms with van der Waals surface area (Å²) in [5, 5.41) is 37.7. The van der Waals surface area contributed by atoms with Gasteiger partial charge in [0.2, 0.25) is 0 Å². The lowest BCUT2D eigenvalue weighted by molar-refractivity contribution is -0.133. The van der Waals surface area contributed by atoms with E-state index < -0.39 is 29.6 Å². The molecule has 0 amide bonds. The molecule has 0 saturated carbocycles. The van der Waals surface area contributed by atoms with Crippen molar-refractivity contribution in [2.45, 2.75) is 51.2 Å². The Morgan fingerprint density at radius 3 is 1.41 bits per heavy atom. The molecule has 0 saturated heterocycles. The molecule has 2 aromatic carbocycles. The van der Waals surface area contributed by atoms with Crippen LogP contribution in [0.4, 0.5) is 0 Å². The number of aliphatic carboxylic acids is 2. The number of carboxylic acid groups (broad SMARTS) is 2. The van der Waals surface area contributed by atoms with Crippen molar-refractivity contribution in [2.24, 2.45) is 0 Å². The molecule has 0 aliphatic carbocycles. The maximum atomic E-state index is 10.8. The highest BCUT2D eigenvalue weighted by atomic mass is 16.5. The van der Waals surface area contributed by atoms with Crippen molar-refractivity contribution in [1.82, 2.24) is 0 Å². The fourth-order valence-electron chi connectivity index (χ4n) is 3.28. The summed E-state index contributed by atoms with van der Waals surface area (Å²) < 4.78 is 11.2. The van der Waals surface area contributed by atoms with E-state index in [1.165, 1.54) is 26.0 Å². The first-order valence-corrected chi connectivity index (χ1v) is 11.8. The van der Waals surface area contributed by atoms with Crippen LogP contribution in [0.2, 0.25) is 0 Å². The molecule has 2 radical (unpaired) electrons. The fourth-order valence-corrected chi connectivity index (χ4v) is 3.28. The molecule has 0 aromatic heterocycles. The Morgan fingerprint density at radius 2 is 1.11 bits per heavy atom. The second-order valence-electron chi connectivity index (χ2n) is 9.04. The maximum Gasteiger partial charge on any atom is 0.330 e. The van der Waals surface area contributed by atoms with E-state index in [9.17, 15) is 19.8 Å². The fraction of sp³-hybridized carbons (Fsp3) is 0.345. The summed E-state index contributed by atoms with van der Waals surface area (Å²) in [6.45, 7) is 11.5. The maximum absolute atomic E-state index is 10.8. The zero-order valence-electron chi connectivity index (χ0n) is 21.3. The molecular weight excluding hydrogens is 476 g/mol. The van der Waals surface area contributed by atoms with Gasteiger partial charge in [-0.2, -0.15) is 0 Å². The topological polar surface area (TPSA) is 134 Å². The SMILES string of the molecule is [CH]C(C)(c1ccc(OCC(O)CC=C(C)C(=O)O)cc1)c1ccc(OCC(O)CC=C(C)C(=O)O)cc1. The molecule has 2 aromatic rings. The van der Waals surface area contributed by atoms with Crippen LogP contribution >= 0.6 is 0 Å². The van der Waals surface area contributed by atoms with E-state index >= 15 is 0 Å². The van der Waals surface area contributed by atoms with Crippen molar-refractivity contribution in [3.63, 3.8) is 0 Å². The first-order valence-electron chi connectivity index (χ1n) is 11.8. The Labute approximate surface area is 217 Å². The number of hydrogen-bond acceptors (Lipinski definition) is 6. The molecule has 0 aliphatic rings. The van der Waals surface area contributed by atoms with E-state index in [4.69, 9.17) is 26.6 Å². The van der Waals surface area contributed by atoms with E-state index in [0.29, 0.717) is 11.5 Å². The number of ether oxygens (including phenoxy) is 2. The number of aliphatic hydroxyl groups is 2. The molecule has 8 heteroatoms. The second kappa shape index (κ2) is 13.6. The van der Waals surface area contributed by atoms with Crippen LogP contribution in [0.1, 0.15) is 44.7 Å². The number of benzene rings is 2. The van der Waals surface area contributed by atoms with E-state index in [1.807, 2.05) is 31.2 Å². The minimum absolute atomic E-state index is 0.0221. The zero-order valence-corrected chi connectivity index (χ0v) is 21.3. The highest BCUT2D eigenvalue weighted by Gasteiger charge is 2.23. The van der Waals surface area contributed by atoms with Gasteiger partial charge in [-0.05, 0) is 69.0 Å². The molecule has 0 heterocycles. The lowest BCUT2D eigenvalue weighted by atomic mass is 9.78. The molecule has 198 valence electrons. The molecule has 8 nitrogen and oxygen atoms in total. The van der Waals surface area contributed by atoms with Crippen LogP contribution in [0.25, 0.3) is 0 Å². The Balaban J connectivity index is 1.92. The predicted octanol–water partition coefficient (Wildman–Crippen LogP) is 4.03. The van der Waals surface area contributed by atoms with E-state index in [2.05, 4.69) is 0 Å². The third-order valence-corrected chi connectivity index (χ3v) is 5.86. The van der Waals surface area contributed by atoms with E-state index in [1.54, 1.807) is 24.3 Å². The van der Waals surface area contributed by atoms with Gasteiger partial charge < -0.3 is 29.9 Å². The summed E-state index contributed by atoms with van der Waals surface area (Å²) in [4.78, 5) is 21.6. The van der Waals surface area contributed by atoms with Gasteiger partial charge in [0.1, 0.15) is 24.7 Å². The van der Waals surface area contributed by atoms with Crippen molar-refractivity contribution >= 4 is 11.9 Å². The monoisotopic (exact) mass is 510 g/mol. The molecule has 37 heavy (non-hydrogen) atoms. The highest BCUT2D eigenvalue weighted by Crippen LogP contribution is 2.33. The summed E-state index contributed by atoms with van der Waals surface area (Å²) in [5.41, 5.74) is 1.20. The number of aliphatic hydroxyl groups excluding tert-OH is 2. The lowest BCUT2D eigenvalue weighted by Gasteiger charge is -2.26. The van der Waals surface area contributed by atoms with Gasteiger partial charge in [0.05, 0.1) is 12.2 Å². The number of carboxylic acids is 2. The molecule has 2 unspecified atom stereocenters. The van der Waals surface area contributed by atoms with Crippen molar-refractivity contribution < 1.29 is 39.5 Å². The number of hydrogen-bond donors (Lipinski definition) is 4. The van der Waals surface area contributed by atoms with Gasteiger partial charge in [0.15, 0.2) is 0 Å². The van der Waals surface area contributed by atoms with Crippen molar-refractivity contribution in [3.05, 3.63) is 89.9 Å². The number of rotatable bonds is 14. The summed E-state index contributed by atoms with van der Waals surface area (Å²) in [6, 6.07) is 14.4. The van der Waals surface area contributed by atoms with Crippen LogP contribution in [0.3, 0.4) is 0 Å². The Hall–Kier alpha value is -3.62. The standard InChI is InChI=1S/C29H34O8/c1-19(27(32)33)5-11-23(30)17-36-25-13-7-21(8-14-25)29(3,4)22-9-15-26(16-10-22)37-18-24(31)12-6-20(2)28(34)35/h3,5-10,13-16,23-24,30-31H,11-12,17-18H2,1-2,4H3,(H,32,33)(H,34,35). The van der Waals surface area contributed by atoms with Gasteiger partial charge in [-0.3, -0.25) is 0 Å². The Bertz CT molecular complexity index is 1010. The van der Waals surface area contributed by atoms with Crippen LogP contribution in [-0.2, 0) is 15.0 Å². The second-order valence-corrected chi connectivity index (χ2v) is 9.04. The molecule has 0 fully saturated rings. The lowest BCUT2D eigenvalue weighted by Crippen LogP contribution is -2.20. The van der Waals surface area contributed by atoms with Crippen molar-refractivity contribution in [1.29, 1.82) is 0 Å². The Morgan fingerprint density at radius 1 is 0.784 bits per heavy atom. The third kappa shape index (κ3) is 9.40. The van der Waals surface area contributed by atoms with Crippen molar-refractivity contribution in [2.75, 3.05) is 13.2 Å². The van der Waals surface area contributed by atoms with Crippen LogP contribution in [0, 0.1) is 6.92 Å². The minimum Gasteiger partial charge on any atom is -0.491 e. The normalized spacial score (nSPS) is 14.1. The number of carbonyl (C=O) groups is 2. The summed E-state index contributed by atoms with van der Waals surface area (Å²) in [6.07, 6.45) is 1.60. The summed E-state index contributed by atoms with van der Waals surface area (Å²) in [7, 11) is 0. The zero-order chi connectivity index (χ0) is 27.6. The van der Waals surface area contributed by atoms with Crippen molar-refractivity contribution in [3.8, 4) is 11.5 Å². The molecule has 0 spiro atoms. The smallest absolute Gasteiger partial charge is 0.330 e. The van der Waals surface area contributed by atoms with Crippen LogP contribution in [-0.4, -0.2) is 57.8 Å². The van der Waals surface area contributed by atoms with Gasteiger partial charge in [-0.1, -0.05) is 43.3 Å². The van der Waals surface area contributed by atoms with Gasteiger partial charge in [-0.15, -0.1) is 0 Å². The minimum atomic E-state index is -1.02. The highest BCUT2D eigenvalue weighted by molar-refractivity contribution is 5.86. The molecular formula is C29H34O8. The largest absolute Gasteiger partial charge is 0.491 e. The molecule has 4 N–H and O–H groups in total. The molecule has 0 bridgehead atoms. The molecule has 0 aliphatic heterocycles. The first kappa shape index (κ1) is 29.6. The Kier molecular flexibility index (Phi) is 10.9. The van der Waals surface area contributed by atoms with Gasteiger partial charge in [0, 0.05) is 16.6 Å². The van der Waals surface area contributed by atoms with Gasteiger partial charge >= 0.3 is 11.9 Å². The van der Waals surface area contributed by atoms with E-state index in [-0.39, 0.29) is 37.2 Å². The van der Waals surface area contributed by atoms with E-state index in [0.717, 1.165) is 11.1 Å². The van der Waals surface area contributed by atoms with Gasteiger partial charge in [-0.25, -0.2) is 9.59 Å². The summed E-state index contributed by atoms with van der Waals surface area (Å²) in [5.74, 6) is -0.944. The summed E-state index contributed by atoms with van der Waals surface area (Å²) >= 11 is 0. The first-order chi connectivity index (χ1) is 17.4. The van der Waals surface area contributed by atoms with Crippen LogP contribution in [0.5, 0.6) is 11.5 Å². The molecule has 2 atom stereocenters. The average molecular weight is 511 g/mol. The van der Waals surface area contributed by atoms with Gasteiger partial charge in [0.25, 0.3) is 0 Å². The quantitative estimate of drug-likeness (QED) is 0.280. The van der Waals surface area contributed by atoms with Crippen LogP contribution in [0.15, 0.2) is 71.8 Å². The predicted molar refractivity (Wildman–Crippen MR) is 139 cm³/mol.